The number of benzene rings is 1. The quantitative estimate of drug-likeness (QED) is 0.507. The van der Waals surface area contributed by atoms with E-state index in [9.17, 15) is 14.9 Å². The molecule has 2 aromatic rings. The van der Waals surface area contributed by atoms with Gasteiger partial charge < -0.3 is 9.72 Å². The average Bonchev–Trinajstić information content (AvgIpc) is 2.89. The summed E-state index contributed by atoms with van der Waals surface area (Å²) in [5.74, 6) is -0.346. The van der Waals surface area contributed by atoms with Gasteiger partial charge in [0, 0.05) is 24.0 Å². The van der Waals surface area contributed by atoms with Gasteiger partial charge in [-0.1, -0.05) is 0 Å². The summed E-state index contributed by atoms with van der Waals surface area (Å²) in [5.41, 5.74) is 1.51. The molecule has 1 aromatic heterocycles. The molecule has 1 N–H and O–H groups in total. The van der Waals surface area contributed by atoms with E-state index in [2.05, 4.69) is 4.98 Å². The van der Waals surface area contributed by atoms with Gasteiger partial charge in [-0.25, -0.2) is 0 Å². The third kappa shape index (κ3) is 3.67. The third-order valence-electron chi connectivity index (χ3n) is 2.54. The van der Waals surface area contributed by atoms with Crippen LogP contribution in [0.15, 0.2) is 42.6 Å². The van der Waals surface area contributed by atoms with E-state index < -0.39 is 4.92 Å². The van der Waals surface area contributed by atoms with Crippen molar-refractivity contribution >= 4 is 11.7 Å². The highest BCUT2D eigenvalue weighted by atomic mass is 16.6. The number of carbonyl (C=O) groups excluding carboxylic acids is 1. The lowest BCUT2D eigenvalue weighted by Crippen LogP contribution is -2.08. The second-order valence-corrected chi connectivity index (χ2v) is 3.96. The van der Waals surface area contributed by atoms with E-state index in [1.54, 1.807) is 30.5 Å². The molecular weight excluding hydrogens is 248 g/mol. The molecule has 0 amide bonds. The van der Waals surface area contributed by atoms with Gasteiger partial charge >= 0.3 is 5.97 Å². The van der Waals surface area contributed by atoms with Crippen molar-refractivity contribution in [2.45, 2.75) is 13.0 Å². The zero-order valence-electron chi connectivity index (χ0n) is 10.0. The van der Waals surface area contributed by atoms with Gasteiger partial charge in [-0.2, -0.15) is 0 Å². The highest BCUT2D eigenvalue weighted by Gasteiger charge is 2.07. The molecule has 19 heavy (non-hydrogen) atoms. The van der Waals surface area contributed by atoms with Crippen LogP contribution in [-0.2, 0) is 22.6 Å². The molecule has 0 aliphatic carbocycles. The lowest BCUT2D eigenvalue weighted by Gasteiger charge is -2.04. The number of non-ortho nitro benzene ring substituents is 1. The van der Waals surface area contributed by atoms with E-state index in [0.717, 1.165) is 5.69 Å². The molecule has 1 aromatic carbocycles. The first-order chi connectivity index (χ1) is 9.15. The molecule has 0 spiro atoms. The largest absolute Gasteiger partial charge is 0.461 e. The molecule has 0 saturated carbocycles. The summed E-state index contributed by atoms with van der Waals surface area (Å²) in [4.78, 5) is 24.4. The minimum absolute atomic E-state index is 0.0152. The zero-order chi connectivity index (χ0) is 13.7. The van der Waals surface area contributed by atoms with Crippen molar-refractivity contribution in [1.82, 2.24) is 4.98 Å². The number of nitrogens with one attached hydrogen (secondary N) is 1. The van der Waals surface area contributed by atoms with Gasteiger partial charge in [0.2, 0.25) is 0 Å². The summed E-state index contributed by atoms with van der Waals surface area (Å²) in [5, 5.41) is 10.5. The average molecular weight is 260 g/mol. The molecule has 0 aliphatic rings. The summed E-state index contributed by atoms with van der Waals surface area (Å²) in [6, 6.07) is 9.51. The molecule has 0 radical (unpaired) electrons. The Morgan fingerprint density at radius 2 is 2.00 bits per heavy atom. The van der Waals surface area contributed by atoms with E-state index in [1.165, 1.54) is 12.1 Å². The Balaban J connectivity index is 1.84. The van der Waals surface area contributed by atoms with Crippen molar-refractivity contribution in [3.8, 4) is 0 Å². The van der Waals surface area contributed by atoms with Crippen molar-refractivity contribution in [2.75, 3.05) is 0 Å². The first-order valence-corrected chi connectivity index (χ1v) is 5.66. The number of ether oxygens (including phenoxy) is 1. The summed E-state index contributed by atoms with van der Waals surface area (Å²) < 4.78 is 5.07. The maximum absolute atomic E-state index is 11.5. The number of aromatic amines is 1. The van der Waals surface area contributed by atoms with Crippen molar-refractivity contribution in [1.29, 1.82) is 0 Å². The Bertz CT molecular complexity index is 561. The number of aromatic nitrogens is 1. The van der Waals surface area contributed by atoms with Crippen LogP contribution in [0, 0.1) is 10.1 Å². The second kappa shape index (κ2) is 5.81. The fourth-order valence-corrected chi connectivity index (χ4v) is 1.56. The minimum Gasteiger partial charge on any atom is -0.461 e. The maximum atomic E-state index is 11.5. The van der Waals surface area contributed by atoms with Crippen LogP contribution in [0.5, 0.6) is 0 Å². The van der Waals surface area contributed by atoms with Gasteiger partial charge in [0.05, 0.1) is 11.3 Å². The first-order valence-electron chi connectivity index (χ1n) is 5.66. The molecule has 6 nitrogen and oxygen atoms in total. The predicted molar refractivity (Wildman–Crippen MR) is 67.4 cm³/mol. The fraction of sp³-hybridized carbons (Fsp3) is 0.154. The molecule has 0 saturated heterocycles. The van der Waals surface area contributed by atoms with Gasteiger partial charge in [-0.15, -0.1) is 0 Å². The normalized spacial score (nSPS) is 10.1. The topological polar surface area (TPSA) is 85.2 Å². The Labute approximate surface area is 109 Å². The standard InChI is InChI=1S/C13H12N2O4/c16-13(8-11-2-1-7-14-11)19-9-10-3-5-12(6-4-10)15(17)18/h1-7,14H,8-9H2. The molecule has 0 atom stereocenters. The number of rotatable bonds is 5. The van der Waals surface area contributed by atoms with Crippen LogP contribution >= 0.6 is 0 Å². The van der Waals surface area contributed by atoms with Crippen molar-refractivity contribution in [2.24, 2.45) is 0 Å². The van der Waals surface area contributed by atoms with Crippen LogP contribution in [-0.4, -0.2) is 15.9 Å². The number of hydrogen-bond acceptors (Lipinski definition) is 4. The van der Waals surface area contributed by atoms with Crippen LogP contribution < -0.4 is 0 Å². The molecule has 0 unspecified atom stereocenters. The molecule has 0 fully saturated rings. The first kappa shape index (κ1) is 12.8. The number of carbonyl (C=O) groups is 1. The Morgan fingerprint density at radius 1 is 1.26 bits per heavy atom. The summed E-state index contributed by atoms with van der Waals surface area (Å²) in [6.45, 7) is 0.109. The summed E-state index contributed by atoms with van der Waals surface area (Å²) in [7, 11) is 0. The smallest absolute Gasteiger partial charge is 0.312 e. The van der Waals surface area contributed by atoms with Gasteiger partial charge in [0.25, 0.3) is 5.69 Å². The minimum atomic E-state index is -0.471. The number of nitro benzene ring substituents is 1. The Hall–Kier alpha value is -2.63. The zero-order valence-corrected chi connectivity index (χ0v) is 10.0. The third-order valence-corrected chi connectivity index (χ3v) is 2.54. The number of H-pyrrole nitrogens is 1. The van der Waals surface area contributed by atoms with Crippen molar-refractivity contribution in [3.05, 3.63) is 64.0 Å². The van der Waals surface area contributed by atoms with E-state index in [4.69, 9.17) is 4.74 Å². The van der Waals surface area contributed by atoms with Crippen LogP contribution in [0.2, 0.25) is 0 Å². The summed E-state index contributed by atoms with van der Waals surface area (Å²) >= 11 is 0. The Kier molecular flexibility index (Phi) is 3.92. The number of esters is 1. The van der Waals surface area contributed by atoms with Crippen LogP contribution in [0.1, 0.15) is 11.3 Å². The van der Waals surface area contributed by atoms with Gasteiger partial charge in [-0.05, 0) is 29.8 Å². The van der Waals surface area contributed by atoms with Crippen LogP contribution in [0.3, 0.4) is 0 Å². The predicted octanol–water partition coefficient (Wildman–Crippen LogP) is 2.21. The van der Waals surface area contributed by atoms with E-state index in [-0.39, 0.29) is 24.7 Å². The highest BCUT2D eigenvalue weighted by Crippen LogP contribution is 2.12. The maximum Gasteiger partial charge on any atom is 0.312 e. The van der Waals surface area contributed by atoms with Gasteiger partial charge in [0.1, 0.15) is 6.61 Å². The molecule has 1 heterocycles. The lowest BCUT2D eigenvalue weighted by molar-refractivity contribution is -0.384. The van der Waals surface area contributed by atoms with E-state index in [0.29, 0.717) is 5.56 Å². The van der Waals surface area contributed by atoms with Crippen molar-refractivity contribution < 1.29 is 14.5 Å². The molecule has 6 heteroatoms. The molecule has 98 valence electrons. The van der Waals surface area contributed by atoms with Gasteiger partial charge in [0.15, 0.2) is 0 Å². The van der Waals surface area contributed by atoms with E-state index in [1.807, 2.05) is 0 Å². The monoisotopic (exact) mass is 260 g/mol. The number of hydrogen-bond donors (Lipinski definition) is 1. The molecule has 0 aliphatic heterocycles. The summed E-state index contributed by atoms with van der Waals surface area (Å²) in [6.07, 6.45) is 1.92. The SMILES string of the molecule is O=C(Cc1ccc[nH]1)OCc1ccc([N+](=O)[O-])cc1. The number of nitro groups is 1. The second-order valence-electron chi connectivity index (χ2n) is 3.96. The Morgan fingerprint density at radius 3 is 2.58 bits per heavy atom. The van der Waals surface area contributed by atoms with Crippen LogP contribution in [0.4, 0.5) is 5.69 Å². The van der Waals surface area contributed by atoms with E-state index >= 15 is 0 Å². The molecule has 0 bridgehead atoms. The molecule has 2 rings (SSSR count). The van der Waals surface area contributed by atoms with Gasteiger partial charge in [-0.3, -0.25) is 14.9 Å². The lowest BCUT2D eigenvalue weighted by atomic mass is 10.2. The highest BCUT2D eigenvalue weighted by molar-refractivity contribution is 5.72. The van der Waals surface area contributed by atoms with Crippen molar-refractivity contribution in [3.63, 3.8) is 0 Å². The van der Waals surface area contributed by atoms with Crippen LogP contribution in [0.25, 0.3) is 0 Å². The number of nitrogens with zero attached hydrogens (tertiary/aromatic N) is 1. The fourth-order valence-electron chi connectivity index (χ4n) is 1.56. The molecular formula is C13H12N2O4.